The maximum Gasteiger partial charge on any atom is 0.256 e. The number of anilines is 1. The van der Waals surface area contributed by atoms with Crippen LogP contribution in [0.2, 0.25) is 0 Å². The molecule has 1 spiro atoms. The van der Waals surface area contributed by atoms with Gasteiger partial charge in [-0.05, 0) is 12.8 Å². The van der Waals surface area contributed by atoms with Gasteiger partial charge in [-0.2, -0.15) is 0 Å². The Hall–Kier alpha value is -1.23. The van der Waals surface area contributed by atoms with E-state index in [0.29, 0.717) is 11.6 Å². The van der Waals surface area contributed by atoms with Crippen LogP contribution in [0.25, 0.3) is 0 Å². The molecule has 3 rings (SSSR count). The summed E-state index contributed by atoms with van der Waals surface area (Å²) in [5.74, 6) is 0.563. The van der Waals surface area contributed by atoms with Gasteiger partial charge in [-0.25, -0.2) is 0 Å². The summed E-state index contributed by atoms with van der Waals surface area (Å²) in [7, 11) is 1.84. The molecule has 1 aromatic rings. The van der Waals surface area contributed by atoms with Crippen LogP contribution in [0.1, 0.15) is 12.8 Å². The topological polar surface area (TPSA) is 62.3 Å². The molecule has 1 atom stereocenters. The van der Waals surface area contributed by atoms with E-state index >= 15 is 0 Å². The normalized spacial score (nSPS) is 27.1. The first-order valence-corrected chi connectivity index (χ1v) is 5.23. The first kappa shape index (κ1) is 9.03. The average molecular weight is 209 g/mol. The van der Waals surface area contributed by atoms with Gasteiger partial charge in [0.25, 0.3) is 5.88 Å². The van der Waals surface area contributed by atoms with Crippen LogP contribution in [0, 0.1) is 5.41 Å². The minimum atomic E-state index is 0.239. The molecule has 5 heteroatoms. The van der Waals surface area contributed by atoms with Crippen LogP contribution in [0.15, 0.2) is 6.20 Å². The fraction of sp³-hybridized carbons (Fsp3) is 0.700. The molecular weight excluding hydrogens is 194 g/mol. The Bertz CT molecular complexity index is 379. The summed E-state index contributed by atoms with van der Waals surface area (Å²) >= 11 is 0. The Kier molecular flexibility index (Phi) is 1.74. The monoisotopic (exact) mass is 209 g/mol. The second-order valence-electron chi connectivity index (χ2n) is 4.56. The summed E-state index contributed by atoms with van der Waals surface area (Å²) < 4.78 is 12.7. The third-order valence-electron chi connectivity index (χ3n) is 3.44. The van der Waals surface area contributed by atoms with E-state index < -0.39 is 0 Å². The number of hydrogen-bond donors (Lipinski definition) is 1. The second-order valence-corrected chi connectivity index (χ2v) is 4.56. The number of aryl methyl sites for hydroxylation is 1. The van der Waals surface area contributed by atoms with Gasteiger partial charge in [0.15, 0.2) is 0 Å². The minimum absolute atomic E-state index is 0.239. The Morgan fingerprint density at radius 1 is 1.67 bits per heavy atom. The van der Waals surface area contributed by atoms with Crippen molar-refractivity contribution in [3.8, 4) is 5.88 Å². The van der Waals surface area contributed by atoms with E-state index in [0.717, 1.165) is 19.6 Å². The molecule has 1 aliphatic carbocycles. The lowest BCUT2D eigenvalue weighted by Gasteiger charge is -2.53. The molecule has 0 radical (unpaired) electrons. The predicted molar refractivity (Wildman–Crippen MR) is 54.5 cm³/mol. The molecule has 1 unspecified atom stereocenters. The standard InChI is InChI=1S/C10H15N3O2/c1-13-4-7(11)9(12-13)15-8-2-3-10(8)5-14-6-10/h4,8H,2-3,5-6,11H2,1H3. The van der Waals surface area contributed by atoms with E-state index in [1.165, 1.54) is 6.42 Å². The summed E-state index contributed by atoms with van der Waals surface area (Å²) in [6.45, 7) is 1.65. The van der Waals surface area contributed by atoms with Crippen molar-refractivity contribution in [2.24, 2.45) is 12.5 Å². The van der Waals surface area contributed by atoms with Crippen LogP contribution in [0.4, 0.5) is 5.69 Å². The van der Waals surface area contributed by atoms with Gasteiger partial charge in [0.1, 0.15) is 11.8 Å². The smallest absolute Gasteiger partial charge is 0.256 e. The minimum Gasteiger partial charge on any atom is -0.471 e. The van der Waals surface area contributed by atoms with Crippen molar-refractivity contribution < 1.29 is 9.47 Å². The van der Waals surface area contributed by atoms with Gasteiger partial charge in [0, 0.05) is 7.05 Å². The van der Waals surface area contributed by atoms with E-state index in [-0.39, 0.29) is 11.5 Å². The molecule has 2 fully saturated rings. The lowest BCUT2D eigenvalue weighted by molar-refractivity contribution is -0.214. The molecule has 1 aromatic heterocycles. The first-order valence-electron chi connectivity index (χ1n) is 5.23. The number of nitrogen functional groups attached to an aromatic ring is 1. The lowest BCUT2D eigenvalue weighted by atomic mass is 9.64. The van der Waals surface area contributed by atoms with Crippen molar-refractivity contribution in [1.29, 1.82) is 0 Å². The van der Waals surface area contributed by atoms with Crippen LogP contribution in [0.3, 0.4) is 0 Å². The highest BCUT2D eigenvalue weighted by atomic mass is 16.5. The fourth-order valence-electron chi connectivity index (χ4n) is 2.26. The molecule has 1 aliphatic heterocycles. The molecule has 0 amide bonds. The van der Waals surface area contributed by atoms with E-state index in [4.69, 9.17) is 15.2 Å². The maximum absolute atomic E-state index is 5.82. The number of rotatable bonds is 2. The highest BCUT2D eigenvalue weighted by molar-refractivity contribution is 5.46. The van der Waals surface area contributed by atoms with Gasteiger partial charge < -0.3 is 15.2 Å². The van der Waals surface area contributed by atoms with Crippen molar-refractivity contribution in [2.45, 2.75) is 18.9 Å². The fourth-order valence-corrected chi connectivity index (χ4v) is 2.26. The Morgan fingerprint density at radius 3 is 2.87 bits per heavy atom. The zero-order valence-corrected chi connectivity index (χ0v) is 8.77. The SMILES string of the molecule is Cn1cc(N)c(OC2CCC23COC3)n1. The number of hydrogen-bond acceptors (Lipinski definition) is 4. The molecule has 2 heterocycles. The van der Waals surface area contributed by atoms with Gasteiger partial charge >= 0.3 is 0 Å². The van der Waals surface area contributed by atoms with Crippen LogP contribution in [-0.4, -0.2) is 29.1 Å². The molecule has 1 saturated carbocycles. The number of ether oxygens (including phenoxy) is 2. The van der Waals surface area contributed by atoms with Crippen molar-refractivity contribution in [3.63, 3.8) is 0 Å². The molecule has 15 heavy (non-hydrogen) atoms. The lowest BCUT2D eigenvalue weighted by Crippen LogP contribution is -2.60. The summed E-state index contributed by atoms with van der Waals surface area (Å²) in [5.41, 5.74) is 6.66. The Balaban J connectivity index is 1.73. The average Bonchev–Trinajstić information content (AvgIpc) is 2.36. The third kappa shape index (κ3) is 1.23. The zero-order valence-electron chi connectivity index (χ0n) is 8.77. The molecule has 2 aliphatic rings. The molecule has 82 valence electrons. The highest BCUT2D eigenvalue weighted by Gasteiger charge is 2.54. The van der Waals surface area contributed by atoms with E-state index in [1.54, 1.807) is 10.9 Å². The molecule has 0 aromatic carbocycles. The molecule has 2 N–H and O–H groups in total. The van der Waals surface area contributed by atoms with E-state index in [1.807, 2.05) is 7.05 Å². The van der Waals surface area contributed by atoms with Gasteiger partial charge in [0.05, 0.1) is 24.8 Å². The van der Waals surface area contributed by atoms with Crippen LogP contribution in [0.5, 0.6) is 5.88 Å². The number of nitrogens with two attached hydrogens (primary N) is 1. The summed E-state index contributed by atoms with van der Waals surface area (Å²) in [4.78, 5) is 0. The van der Waals surface area contributed by atoms with Gasteiger partial charge in [0.2, 0.25) is 0 Å². The van der Waals surface area contributed by atoms with Crippen molar-refractivity contribution >= 4 is 5.69 Å². The molecule has 5 nitrogen and oxygen atoms in total. The number of nitrogens with zero attached hydrogens (tertiary/aromatic N) is 2. The maximum atomic E-state index is 5.82. The van der Waals surface area contributed by atoms with E-state index in [9.17, 15) is 0 Å². The second kappa shape index (κ2) is 2.88. The van der Waals surface area contributed by atoms with Crippen molar-refractivity contribution in [3.05, 3.63) is 6.20 Å². The molecular formula is C10H15N3O2. The largest absolute Gasteiger partial charge is 0.471 e. The predicted octanol–water partition coefficient (Wildman–Crippen LogP) is 0.560. The molecule has 0 bridgehead atoms. The zero-order chi connectivity index (χ0) is 10.5. The van der Waals surface area contributed by atoms with Crippen LogP contribution >= 0.6 is 0 Å². The quantitative estimate of drug-likeness (QED) is 0.773. The van der Waals surface area contributed by atoms with Gasteiger partial charge in [-0.3, -0.25) is 4.68 Å². The van der Waals surface area contributed by atoms with Gasteiger partial charge in [-0.15, -0.1) is 5.10 Å². The summed E-state index contributed by atoms with van der Waals surface area (Å²) in [5, 5.41) is 4.18. The third-order valence-corrected chi connectivity index (χ3v) is 3.44. The summed E-state index contributed by atoms with van der Waals surface area (Å²) in [6.07, 6.45) is 4.28. The van der Waals surface area contributed by atoms with Gasteiger partial charge in [-0.1, -0.05) is 0 Å². The Morgan fingerprint density at radius 2 is 2.47 bits per heavy atom. The first-order chi connectivity index (χ1) is 7.20. The van der Waals surface area contributed by atoms with Crippen molar-refractivity contribution in [2.75, 3.05) is 18.9 Å². The highest BCUT2D eigenvalue weighted by Crippen LogP contribution is 2.49. The summed E-state index contributed by atoms with van der Waals surface area (Å²) in [6, 6.07) is 0. The van der Waals surface area contributed by atoms with Crippen LogP contribution < -0.4 is 10.5 Å². The van der Waals surface area contributed by atoms with Crippen LogP contribution in [-0.2, 0) is 11.8 Å². The molecule has 1 saturated heterocycles. The Labute approximate surface area is 88.1 Å². The van der Waals surface area contributed by atoms with Crippen molar-refractivity contribution in [1.82, 2.24) is 9.78 Å². The van der Waals surface area contributed by atoms with E-state index in [2.05, 4.69) is 5.10 Å². The number of aromatic nitrogens is 2.